The monoisotopic (exact) mass is 479 g/mol. The lowest BCUT2D eigenvalue weighted by atomic mass is 10.0. The van der Waals surface area contributed by atoms with Crippen LogP contribution in [-0.4, -0.2) is 59.9 Å². The third kappa shape index (κ3) is 6.36. The van der Waals surface area contributed by atoms with Crippen LogP contribution in [0.25, 0.3) is 11.1 Å². The van der Waals surface area contributed by atoms with Gasteiger partial charge in [0.1, 0.15) is 5.78 Å². The molecular weight excluding hydrogens is 450 g/mol. The molecule has 0 radical (unpaired) electrons. The Balaban J connectivity index is 1.36. The van der Waals surface area contributed by atoms with E-state index in [4.69, 9.17) is 20.9 Å². The zero-order valence-electron chi connectivity index (χ0n) is 19.2. The van der Waals surface area contributed by atoms with Crippen molar-refractivity contribution in [2.24, 2.45) is 5.73 Å². The average Bonchev–Trinajstić information content (AvgIpc) is 3.32. The maximum atomic E-state index is 11.8. The number of carbonyl (C=O) groups excluding carboxylic acids is 1. The molecule has 4 rings (SSSR count). The number of thiazole rings is 1. The molecule has 10 heteroatoms. The number of nitrogens with zero attached hydrogens (tertiary/aromatic N) is 5. The standard InChI is InChI=1S/C24H29N7O2S/c1-30(15-20-16-34-24(29-20)31-7-9-33-10-8-31)23-27-13-19(14-28-23)18-4-2-3-17(11-18)5-6-21(32)12-22(25)26/h2-4,11,13-14,16H,5-10,12,15H2,1H3,(H3,25,26). The van der Waals surface area contributed by atoms with E-state index in [-0.39, 0.29) is 18.0 Å². The molecule has 9 nitrogen and oxygen atoms in total. The molecule has 0 spiro atoms. The molecule has 178 valence electrons. The molecule has 0 saturated carbocycles. The quantitative estimate of drug-likeness (QED) is 0.336. The largest absolute Gasteiger partial charge is 0.387 e. The Hall–Kier alpha value is -3.37. The third-order valence-corrected chi connectivity index (χ3v) is 6.49. The highest BCUT2D eigenvalue weighted by Gasteiger charge is 2.16. The zero-order valence-corrected chi connectivity index (χ0v) is 20.1. The van der Waals surface area contributed by atoms with Gasteiger partial charge in [0.05, 0.1) is 37.7 Å². The number of rotatable bonds is 10. The predicted molar refractivity (Wildman–Crippen MR) is 135 cm³/mol. The van der Waals surface area contributed by atoms with Gasteiger partial charge in [-0.3, -0.25) is 10.2 Å². The predicted octanol–water partition coefficient (Wildman–Crippen LogP) is 2.90. The minimum Gasteiger partial charge on any atom is -0.387 e. The summed E-state index contributed by atoms with van der Waals surface area (Å²) in [6.45, 7) is 3.88. The first-order valence-corrected chi connectivity index (χ1v) is 12.1. The molecule has 1 aliphatic heterocycles. The summed E-state index contributed by atoms with van der Waals surface area (Å²) in [5.74, 6) is 0.523. The smallest absolute Gasteiger partial charge is 0.225 e. The van der Waals surface area contributed by atoms with E-state index in [1.54, 1.807) is 11.3 Å². The summed E-state index contributed by atoms with van der Waals surface area (Å²) in [4.78, 5) is 30.0. The highest BCUT2D eigenvalue weighted by molar-refractivity contribution is 7.13. The molecule has 0 aliphatic carbocycles. The summed E-state index contributed by atoms with van der Waals surface area (Å²) in [7, 11) is 1.96. The summed E-state index contributed by atoms with van der Waals surface area (Å²) in [6.07, 6.45) is 4.63. The maximum Gasteiger partial charge on any atom is 0.225 e. The Morgan fingerprint density at radius 2 is 2.00 bits per heavy atom. The molecule has 2 aromatic heterocycles. The maximum absolute atomic E-state index is 11.8. The van der Waals surface area contributed by atoms with Gasteiger partial charge in [0.15, 0.2) is 5.13 Å². The van der Waals surface area contributed by atoms with Gasteiger partial charge in [0, 0.05) is 49.9 Å². The molecule has 34 heavy (non-hydrogen) atoms. The van der Waals surface area contributed by atoms with Crippen LogP contribution in [-0.2, 0) is 22.5 Å². The van der Waals surface area contributed by atoms with Crippen molar-refractivity contribution in [1.82, 2.24) is 15.0 Å². The molecule has 1 aliphatic rings. The van der Waals surface area contributed by atoms with Crippen molar-refractivity contribution in [3.63, 3.8) is 0 Å². The molecule has 1 fully saturated rings. The van der Waals surface area contributed by atoms with Crippen LogP contribution >= 0.6 is 11.3 Å². The number of anilines is 2. The van der Waals surface area contributed by atoms with E-state index in [0.29, 0.717) is 25.3 Å². The fourth-order valence-electron chi connectivity index (χ4n) is 3.74. The Kier molecular flexibility index (Phi) is 7.81. The number of Topliss-reactive ketones (excluding diaryl/α,β-unsaturated/α-hetero) is 1. The first kappa shape index (κ1) is 23.8. The highest BCUT2D eigenvalue weighted by atomic mass is 32.1. The number of nitrogens with two attached hydrogens (primary N) is 1. The summed E-state index contributed by atoms with van der Waals surface area (Å²) in [5, 5.41) is 10.4. The first-order valence-electron chi connectivity index (χ1n) is 11.2. The summed E-state index contributed by atoms with van der Waals surface area (Å²) in [5.41, 5.74) is 9.27. The second-order valence-electron chi connectivity index (χ2n) is 8.29. The Morgan fingerprint density at radius 3 is 2.74 bits per heavy atom. The number of ether oxygens (including phenoxy) is 1. The number of amidine groups is 1. The van der Waals surface area contributed by atoms with Crippen LogP contribution in [0.3, 0.4) is 0 Å². The number of benzene rings is 1. The number of carbonyl (C=O) groups is 1. The lowest BCUT2D eigenvalue weighted by molar-refractivity contribution is -0.117. The van der Waals surface area contributed by atoms with Crippen molar-refractivity contribution in [2.45, 2.75) is 25.8 Å². The molecule has 0 amide bonds. The zero-order chi connectivity index (χ0) is 23.9. The van der Waals surface area contributed by atoms with Crippen molar-refractivity contribution in [3.8, 4) is 11.1 Å². The van der Waals surface area contributed by atoms with Gasteiger partial charge < -0.3 is 20.3 Å². The van der Waals surface area contributed by atoms with E-state index in [0.717, 1.165) is 53.8 Å². The van der Waals surface area contributed by atoms with E-state index < -0.39 is 0 Å². The number of nitrogens with one attached hydrogen (secondary N) is 1. The minimum atomic E-state index is -0.0896. The van der Waals surface area contributed by atoms with Gasteiger partial charge in [-0.1, -0.05) is 24.3 Å². The number of hydrogen-bond acceptors (Lipinski definition) is 9. The SMILES string of the molecule is CN(Cc1csc(N2CCOCC2)n1)c1ncc(-c2cccc(CCC(=O)CC(=N)N)c2)cn1. The summed E-state index contributed by atoms with van der Waals surface area (Å²) >= 11 is 1.66. The number of aryl methyl sites for hydroxylation is 1. The van der Waals surface area contributed by atoms with Crippen LogP contribution in [0, 0.1) is 5.41 Å². The number of hydrogen-bond donors (Lipinski definition) is 2. The van der Waals surface area contributed by atoms with Gasteiger partial charge in [-0.05, 0) is 17.5 Å². The number of aromatic nitrogens is 3. The van der Waals surface area contributed by atoms with Crippen molar-refractivity contribution < 1.29 is 9.53 Å². The topological polar surface area (TPSA) is 121 Å². The van der Waals surface area contributed by atoms with Crippen LogP contribution < -0.4 is 15.5 Å². The van der Waals surface area contributed by atoms with Crippen molar-refractivity contribution in [3.05, 3.63) is 53.3 Å². The van der Waals surface area contributed by atoms with Gasteiger partial charge in [-0.2, -0.15) is 0 Å². The minimum absolute atomic E-state index is 0.0118. The Labute approximate surface area is 203 Å². The van der Waals surface area contributed by atoms with Crippen LogP contribution in [0.5, 0.6) is 0 Å². The van der Waals surface area contributed by atoms with Gasteiger partial charge in [0.2, 0.25) is 5.95 Å². The van der Waals surface area contributed by atoms with Gasteiger partial charge in [0.25, 0.3) is 0 Å². The van der Waals surface area contributed by atoms with Crippen molar-refractivity contribution in [1.29, 1.82) is 5.41 Å². The van der Waals surface area contributed by atoms with E-state index in [9.17, 15) is 4.79 Å². The molecule has 0 unspecified atom stereocenters. The average molecular weight is 480 g/mol. The molecule has 3 N–H and O–H groups in total. The van der Waals surface area contributed by atoms with Crippen LogP contribution in [0.1, 0.15) is 24.1 Å². The van der Waals surface area contributed by atoms with Gasteiger partial charge in [-0.25, -0.2) is 15.0 Å². The third-order valence-electron chi connectivity index (χ3n) is 5.54. The Morgan fingerprint density at radius 1 is 1.24 bits per heavy atom. The van der Waals surface area contributed by atoms with Crippen LogP contribution in [0.15, 0.2) is 42.0 Å². The van der Waals surface area contributed by atoms with E-state index in [1.807, 2.05) is 48.6 Å². The molecule has 3 aromatic rings. The Bertz CT molecular complexity index is 1130. The molecule has 3 heterocycles. The number of morpholine rings is 1. The van der Waals surface area contributed by atoms with Crippen molar-refractivity contribution in [2.75, 3.05) is 43.2 Å². The van der Waals surface area contributed by atoms with Crippen molar-refractivity contribution >= 4 is 34.0 Å². The lowest BCUT2D eigenvalue weighted by Crippen LogP contribution is -2.36. The van der Waals surface area contributed by atoms with Gasteiger partial charge in [-0.15, -0.1) is 11.3 Å². The lowest BCUT2D eigenvalue weighted by Gasteiger charge is -2.26. The highest BCUT2D eigenvalue weighted by Crippen LogP contribution is 2.24. The molecule has 0 atom stereocenters. The molecular formula is C24H29N7O2S. The van der Waals surface area contributed by atoms with Crippen LogP contribution in [0.4, 0.5) is 11.1 Å². The second kappa shape index (κ2) is 11.2. The van der Waals surface area contributed by atoms with E-state index >= 15 is 0 Å². The van der Waals surface area contributed by atoms with Gasteiger partial charge >= 0.3 is 0 Å². The number of ketones is 1. The molecule has 1 aromatic carbocycles. The summed E-state index contributed by atoms with van der Waals surface area (Å²) in [6, 6.07) is 8.01. The fraction of sp³-hybridized carbons (Fsp3) is 0.375. The first-order chi connectivity index (χ1) is 16.5. The fourth-order valence-corrected chi connectivity index (χ4v) is 4.61. The van der Waals surface area contributed by atoms with Crippen LogP contribution in [0.2, 0.25) is 0 Å². The van der Waals surface area contributed by atoms with E-state index in [2.05, 4.69) is 20.2 Å². The summed E-state index contributed by atoms with van der Waals surface area (Å²) < 4.78 is 5.42. The molecule has 1 saturated heterocycles. The second-order valence-corrected chi connectivity index (χ2v) is 9.13. The van der Waals surface area contributed by atoms with E-state index in [1.165, 1.54) is 0 Å². The molecule has 0 bridgehead atoms. The normalized spacial score (nSPS) is 13.6.